The first kappa shape index (κ1) is 22.4. The molecule has 1 aromatic rings. The fraction of sp³-hybridized carbons (Fsp3) is 0.350. The van der Waals surface area contributed by atoms with Crippen molar-refractivity contribution in [3.05, 3.63) is 28.8 Å². The third kappa shape index (κ3) is 2.67. The number of urea groups is 2. The van der Waals surface area contributed by atoms with Crippen molar-refractivity contribution in [2.24, 2.45) is 11.8 Å². The van der Waals surface area contributed by atoms with Crippen molar-refractivity contribution in [3.63, 3.8) is 0 Å². The number of hydrogen-bond acceptors (Lipinski definition) is 7. The lowest BCUT2D eigenvalue weighted by atomic mass is 9.60. The Kier molecular flexibility index (Phi) is 4.82. The van der Waals surface area contributed by atoms with Crippen molar-refractivity contribution >= 4 is 58.9 Å². The Balaban J connectivity index is 2.09. The molecule has 0 aliphatic carbocycles. The molecule has 12 nitrogen and oxygen atoms in total. The fourth-order valence-electron chi connectivity index (χ4n) is 4.65. The van der Waals surface area contributed by atoms with Gasteiger partial charge < -0.3 is 5.32 Å². The minimum atomic E-state index is -2.41. The highest BCUT2D eigenvalue weighted by atomic mass is 35.5. The van der Waals surface area contributed by atoms with Crippen LogP contribution in [0.4, 0.5) is 15.3 Å². The molecule has 0 bridgehead atoms. The number of fused-ring (bicyclic) bond motifs is 1. The Labute approximate surface area is 192 Å². The molecule has 0 radical (unpaired) electrons. The number of amides is 9. The van der Waals surface area contributed by atoms with Gasteiger partial charge in [0.05, 0.1) is 0 Å². The van der Waals surface area contributed by atoms with Gasteiger partial charge in [0.25, 0.3) is 0 Å². The summed E-state index contributed by atoms with van der Waals surface area (Å²) in [5.41, 5.74) is -2.31. The van der Waals surface area contributed by atoms with Crippen LogP contribution in [-0.4, -0.2) is 89.4 Å². The summed E-state index contributed by atoms with van der Waals surface area (Å²) in [6, 6.07) is 2.25. The number of anilines is 1. The summed E-state index contributed by atoms with van der Waals surface area (Å²) in [5.74, 6) is -9.20. The van der Waals surface area contributed by atoms with Crippen LogP contribution in [0.3, 0.4) is 0 Å². The second-order valence-corrected chi connectivity index (χ2v) is 8.47. The van der Waals surface area contributed by atoms with Gasteiger partial charge in [-0.1, -0.05) is 11.6 Å². The molecule has 3 aliphatic rings. The molecule has 2 fully saturated rings. The number of nitrogens with zero attached hydrogens (tertiary/aromatic N) is 4. The predicted molar refractivity (Wildman–Crippen MR) is 111 cm³/mol. The van der Waals surface area contributed by atoms with E-state index < -0.39 is 58.8 Å². The Morgan fingerprint density at radius 2 is 1.12 bits per heavy atom. The third-order valence-corrected chi connectivity index (χ3v) is 6.65. The van der Waals surface area contributed by atoms with Crippen LogP contribution in [0.1, 0.15) is 5.56 Å². The number of barbiturate groups is 2. The molecule has 0 saturated carbocycles. The maximum absolute atomic E-state index is 13.6. The van der Waals surface area contributed by atoms with Crippen molar-refractivity contribution in [1.82, 2.24) is 19.6 Å². The molecule has 3 aliphatic heterocycles. The minimum absolute atomic E-state index is 0.0364. The van der Waals surface area contributed by atoms with E-state index in [1.807, 2.05) is 0 Å². The summed E-state index contributed by atoms with van der Waals surface area (Å²) in [6.07, 6.45) is 0. The second-order valence-electron chi connectivity index (χ2n) is 8.03. The number of carbonyl (C=O) groups is 7. The Hall–Kier alpha value is -3.80. The summed E-state index contributed by atoms with van der Waals surface area (Å²) in [5, 5.41) is 2.63. The van der Waals surface area contributed by atoms with E-state index >= 15 is 0 Å². The molecular formula is C20H18ClN5O7. The molecule has 3 heterocycles. The average Bonchev–Trinajstić information content (AvgIpc) is 3.05. The highest BCUT2D eigenvalue weighted by Crippen LogP contribution is 2.52. The molecule has 2 saturated heterocycles. The quantitative estimate of drug-likeness (QED) is 0.586. The molecule has 1 N–H and O–H groups in total. The van der Waals surface area contributed by atoms with Crippen LogP contribution in [0.2, 0.25) is 5.02 Å². The van der Waals surface area contributed by atoms with Crippen LogP contribution >= 0.6 is 11.6 Å². The van der Waals surface area contributed by atoms with E-state index in [0.29, 0.717) is 19.6 Å². The predicted octanol–water partition coefficient (Wildman–Crippen LogP) is -0.137. The lowest BCUT2D eigenvalue weighted by Crippen LogP contribution is -2.71. The van der Waals surface area contributed by atoms with Crippen molar-refractivity contribution < 1.29 is 33.6 Å². The van der Waals surface area contributed by atoms with E-state index in [0.717, 1.165) is 28.2 Å². The maximum atomic E-state index is 13.6. The first-order valence-corrected chi connectivity index (χ1v) is 10.0. The highest BCUT2D eigenvalue weighted by molar-refractivity contribution is 6.32. The van der Waals surface area contributed by atoms with Gasteiger partial charge in [-0.2, -0.15) is 0 Å². The molecule has 0 aromatic heterocycles. The minimum Gasteiger partial charge on any atom is -0.325 e. The number of hydrogen-bond donors (Lipinski definition) is 1. The van der Waals surface area contributed by atoms with Gasteiger partial charge in [-0.05, 0) is 23.8 Å². The van der Waals surface area contributed by atoms with Gasteiger partial charge in [-0.3, -0.25) is 43.6 Å². The van der Waals surface area contributed by atoms with Gasteiger partial charge in [0, 0.05) is 38.9 Å². The molecular weight excluding hydrogens is 458 g/mol. The molecule has 1 aromatic carbocycles. The summed E-state index contributed by atoms with van der Waals surface area (Å²) in [6.45, 7) is 0. The Morgan fingerprint density at radius 3 is 1.52 bits per heavy atom. The van der Waals surface area contributed by atoms with Gasteiger partial charge in [-0.15, -0.1) is 0 Å². The van der Waals surface area contributed by atoms with E-state index in [1.54, 1.807) is 0 Å². The zero-order valence-electron chi connectivity index (χ0n) is 17.9. The normalized spacial score (nSPS) is 21.9. The van der Waals surface area contributed by atoms with E-state index in [4.69, 9.17) is 11.6 Å². The zero-order chi connectivity index (χ0) is 24.6. The van der Waals surface area contributed by atoms with Crippen LogP contribution in [0, 0.1) is 11.8 Å². The Bertz CT molecular complexity index is 1090. The van der Waals surface area contributed by atoms with E-state index in [9.17, 15) is 33.6 Å². The van der Waals surface area contributed by atoms with Crippen LogP contribution in [0.5, 0.6) is 0 Å². The number of benzene rings is 1. The molecule has 0 atom stereocenters. The lowest BCUT2D eigenvalue weighted by molar-refractivity contribution is -0.163. The molecule has 4 rings (SSSR count). The first-order valence-electron chi connectivity index (χ1n) is 9.67. The smallest absolute Gasteiger partial charge is 0.325 e. The van der Waals surface area contributed by atoms with E-state index in [2.05, 4.69) is 5.32 Å². The topological polar surface area (TPSA) is 144 Å². The number of carbonyl (C=O) groups excluding carboxylic acids is 7. The van der Waals surface area contributed by atoms with Gasteiger partial charge in [0.2, 0.25) is 29.5 Å². The van der Waals surface area contributed by atoms with Crippen molar-refractivity contribution in [2.75, 3.05) is 33.5 Å². The van der Waals surface area contributed by atoms with Gasteiger partial charge >= 0.3 is 12.1 Å². The average molecular weight is 476 g/mol. The van der Waals surface area contributed by atoms with Crippen LogP contribution in [0.25, 0.3) is 0 Å². The number of halogens is 1. The molecule has 33 heavy (non-hydrogen) atoms. The number of imide groups is 4. The zero-order valence-corrected chi connectivity index (χ0v) is 18.7. The van der Waals surface area contributed by atoms with Crippen molar-refractivity contribution in [1.29, 1.82) is 0 Å². The molecule has 0 unspecified atom stereocenters. The maximum Gasteiger partial charge on any atom is 0.332 e. The number of nitrogens with one attached hydrogen (secondary N) is 1. The summed E-state index contributed by atoms with van der Waals surface area (Å²) < 4.78 is 0. The molecule has 13 heteroatoms. The summed E-state index contributed by atoms with van der Waals surface area (Å²) >= 11 is 6.15. The SMILES string of the molecule is CN1C(=O)C(C2(C3C(=O)N(C)C(=O)N(C)C3=O)C(=O)Nc3ccc(Cl)cc32)C(=O)N(C)C1=O. The van der Waals surface area contributed by atoms with Crippen molar-refractivity contribution in [3.8, 4) is 0 Å². The van der Waals surface area contributed by atoms with E-state index in [1.165, 1.54) is 18.2 Å². The first-order chi connectivity index (χ1) is 15.4. The van der Waals surface area contributed by atoms with Crippen LogP contribution in [-0.2, 0) is 29.4 Å². The summed E-state index contributed by atoms with van der Waals surface area (Å²) in [7, 11) is 4.47. The number of rotatable bonds is 2. The standard InChI is InChI=1S/C20H18ClN5O7/c1-23-13(27)11(14(28)24(2)18(23)32)20(9-7-8(21)5-6-10(9)22-17(20)31)12-15(29)25(3)19(33)26(4)16(12)30/h5-7,11-12H,1-4H3,(H,22,31). The van der Waals surface area contributed by atoms with E-state index in [-0.39, 0.29) is 16.3 Å². The molecule has 172 valence electrons. The summed E-state index contributed by atoms with van der Waals surface area (Å²) in [4.78, 5) is 94.2. The van der Waals surface area contributed by atoms with Gasteiger partial charge in [0.1, 0.15) is 17.3 Å². The molecule has 9 amide bonds. The molecule has 0 spiro atoms. The van der Waals surface area contributed by atoms with Crippen LogP contribution < -0.4 is 5.32 Å². The Morgan fingerprint density at radius 1 is 0.727 bits per heavy atom. The van der Waals surface area contributed by atoms with Crippen molar-refractivity contribution in [2.45, 2.75) is 5.41 Å². The largest absolute Gasteiger partial charge is 0.332 e. The fourth-order valence-corrected chi connectivity index (χ4v) is 4.82. The highest BCUT2D eigenvalue weighted by Gasteiger charge is 2.70. The lowest BCUT2D eigenvalue weighted by Gasteiger charge is -2.46. The van der Waals surface area contributed by atoms with Gasteiger partial charge in [0.15, 0.2) is 0 Å². The van der Waals surface area contributed by atoms with Crippen LogP contribution in [0.15, 0.2) is 18.2 Å². The van der Waals surface area contributed by atoms with Gasteiger partial charge in [-0.25, -0.2) is 9.59 Å². The monoisotopic (exact) mass is 475 g/mol. The third-order valence-electron chi connectivity index (χ3n) is 6.42. The second kappa shape index (κ2) is 7.10.